The Morgan fingerprint density at radius 3 is 2.26 bits per heavy atom. The van der Waals surface area contributed by atoms with Gasteiger partial charge in [0.05, 0.1) is 19.8 Å². The number of benzene rings is 1. The maximum Gasteiger partial charge on any atom is 0.271 e. The van der Waals surface area contributed by atoms with Gasteiger partial charge in [-0.3, -0.25) is 4.79 Å². The van der Waals surface area contributed by atoms with Gasteiger partial charge in [-0.05, 0) is 69.9 Å². The molecule has 0 saturated heterocycles. The first-order valence-corrected chi connectivity index (χ1v) is 10.1. The van der Waals surface area contributed by atoms with E-state index in [-0.39, 0.29) is 5.91 Å². The van der Waals surface area contributed by atoms with Gasteiger partial charge in [-0.25, -0.2) is 5.43 Å². The summed E-state index contributed by atoms with van der Waals surface area (Å²) in [6, 6.07) is 3.36. The van der Waals surface area contributed by atoms with Crippen LogP contribution in [-0.4, -0.2) is 31.9 Å². The molecule has 3 unspecified atom stereocenters. The Morgan fingerprint density at radius 2 is 1.74 bits per heavy atom. The van der Waals surface area contributed by atoms with Crippen molar-refractivity contribution in [3.05, 3.63) is 17.7 Å². The molecule has 3 atom stereocenters. The number of amides is 1. The molecule has 1 aromatic carbocycles. The van der Waals surface area contributed by atoms with E-state index < -0.39 is 0 Å². The van der Waals surface area contributed by atoms with Gasteiger partial charge in [-0.1, -0.05) is 6.42 Å². The van der Waals surface area contributed by atoms with E-state index in [1.54, 1.807) is 12.1 Å². The molecule has 0 aliphatic heterocycles. The average molecular weight is 374 g/mol. The summed E-state index contributed by atoms with van der Waals surface area (Å²) in [4.78, 5) is 12.6. The molecule has 2 aliphatic rings. The van der Waals surface area contributed by atoms with Gasteiger partial charge in [-0.15, -0.1) is 0 Å². The van der Waals surface area contributed by atoms with Crippen molar-refractivity contribution in [1.29, 1.82) is 0 Å². The van der Waals surface area contributed by atoms with Gasteiger partial charge in [0.25, 0.3) is 5.91 Å². The number of nitrogens with zero attached hydrogens (tertiary/aromatic N) is 1. The fraction of sp³-hybridized carbons (Fsp3) is 0.619. The van der Waals surface area contributed by atoms with E-state index in [1.165, 1.54) is 25.7 Å². The van der Waals surface area contributed by atoms with Crippen molar-refractivity contribution in [3.8, 4) is 17.2 Å². The molecule has 0 spiro atoms. The van der Waals surface area contributed by atoms with Crippen molar-refractivity contribution >= 4 is 12.1 Å². The van der Waals surface area contributed by atoms with Crippen LogP contribution in [0.3, 0.4) is 0 Å². The third-order valence-corrected chi connectivity index (χ3v) is 5.40. The lowest BCUT2D eigenvalue weighted by Gasteiger charge is -2.17. The molecule has 2 fully saturated rings. The summed E-state index contributed by atoms with van der Waals surface area (Å²) < 4.78 is 17.0. The number of rotatable bonds is 9. The van der Waals surface area contributed by atoms with Gasteiger partial charge in [0.2, 0.25) is 5.75 Å². The summed E-state index contributed by atoms with van der Waals surface area (Å²) in [6.45, 7) is 7.11. The van der Waals surface area contributed by atoms with Crippen molar-refractivity contribution in [2.24, 2.45) is 22.9 Å². The number of fused-ring (bicyclic) bond motifs is 2. The molecule has 1 amide bonds. The molecule has 1 aromatic rings. The molecule has 3 rings (SSSR count). The molecule has 6 heteroatoms. The van der Waals surface area contributed by atoms with Crippen LogP contribution < -0.4 is 19.6 Å². The standard InChI is InChI=1S/C21H30N2O4/c1-4-25-18-11-16(12-19(26-5-2)20(18)27-6-3)21(24)23-22-13-17-10-14-7-8-15(17)9-14/h11-15,17H,4-10H2,1-3H3,(H,23,24). The van der Waals surface area contributed by atoms with Gasteiger partial charge in [-0.2, -0.15) is 5.10 Å². The number of hydrogen-bond acceptors (Lipinski definition) is 5. The van der Waals surface area contributed by atoms with E-state index in [0.29, 0.717) is 48.6 Å². The molecule has 2 bridgehead atoms. The largest absolute Gasteiger partial charge is 0.490 e. The Hall–Kier alpha value is -2.24. The second kappa shape index (κ2) is 9.11. The fourth-order valence-corrected chi connectivity index (χ4v) is 4.25. The highest BCUT2D eigenvalue weighted by atomic mass is 16.5. The molecule has 148 valence electrons. The number of nitrogens with one attached hydrogen (secondary N) is 1. The zero-order chi connectivity index (χ0) is 19.2. The van der Waals surface area contributed by atoms with Crippen molar-refractivity contribution in [1.82, 2.24) is 5.43 Å². The summed E-state index contributed by atoms with van der Waals surface area (Å²) in [6.07, 6.45) is 7.09. The summed E-state index contributed by atoms with van der Waals surface area (Å²) in [5.41, 5.74) is 3.09. The molecule has 0 heterocycles. The van der Waals surface area contributed by atoms with Crippen molar-refractivity contribution in [2.75, 3.05) is 19.8 Å². The van der Waals surface area contributed by atoms with Crippen molar-refractivity contribution < 1.29 is 19.0 Å². The van der Waals surface area contributed by atoms with Gasteiger partial charge in [0.1, 0.15) is 0 Å². The summed E-state index contributed by atoms with van der Waals surface area (Å²) in [5, 5.41) is 4.22. The maximum atomic E-state index is 12.6. The first-order valence-electron chi connectivity index (χ1n) is 10.1. The van der Waals surface area contributed by atoms with E-state index in [9.17, 15) is 4.79 Å². The van der Waals surface area contributed by atoms with Crippen molar-refractivity contribution in [3.63, 3.8) is 0 Å². The Labute approximate surface area is 161 Å². The van der Waals surface area contributed by atoms with Crippen LogP contribution in [0.2, 0.25) is 0 Å². The van der Waals surface area contributed by atoms with Crippen LogP contribution in [0.5, 0.6) is 17.2 Å². The molecular formula is C21H30N2O4. The Bertz CT molecular complexity index is 662. The highest BCUT2D eigenvalue weighted by Crippen LogP contribution is 2.47. The third kappa shape index (κ3) is 4.54. The van der Waals surface area contributed by atoms with E-state index in [0.717, 1.165) is 11.8 Å². The van der Waals surface area contributed by atoms with Gasteiger partial charge in [0.15, 0.2) is 11.5 Å². The topological polar surface area (TPSA) is 69.2 Å². The minimum atomic E-state index is -0.278. The Kier molecular flexibility index (Phi) is 6.58. The number of ether oxygens (including phenoxy) is 3. The molecule has 6 nitrogen and oxygen atoms in total. The summed E-state index contributed by atoms with van der Waals surface area (Å²) >= 11 is 0. The number of hydrazone groups is 1. The molecule has 2 aliphatic carbocycles. The zero-order valence-electron chi connectivity index (χ0n) is 16.5. The second-order valence-electron chi connectivity index (χ2n) is 7.16. The smallest absolute Gasteiger partial charge is 0.271 e. The number of hydrogen-bond donors (Lipinski definition) is 1. The van der Waals surface area contributed by atoms with E-state index in [4.69, 9.17) is 14.2 Å². The molecule has 27 heavy (non-hydrogen) atoms. The van der Waals surface area contributed by atoms with Crippen LogP contribution in [0.15, 0.2) is 17.2 Å². The molecular weight excluding hydrogens is 344 g/mol. The van der Waals surface area contributed by atoms with Crippen LogP contribution in [0, 0.1) is 17.8 Å². The molecule has 0 radical (unpaired) electrons. The Balaban J connectivity index is 1.72. The van der Waals surface area contributed by atoms with E-state index >= 15 is 0 Å². The third-order valence-electron chi connectivity index (χ3n) is 5.40. The normalized spacial score (nSPS) is 23.6. The highest BCUT2D eigenvalue weighted by Gasteiger charge is 2.38. The van der Waals surface area contributed by atoms with Gasteiger partial charge < -0.3 is 14.2 Å². The average Bonchev–Trinajstić information content (AvgIpc) is 3.27. The minimum Gasteiger partial charge on any atom is -0.490 e. The second-order valence-corrected chi connectivity index (χ2v) is 7.16. The predicted octanol–water partition coefficient (Wildman–Crippen LogP) is 4.03. The summed E-state index contributed by atoms with van der Waals surface area (Å²) in [7, 11) is 0. The predicted molar refractivity (Wildman–Crippen MR) is 105 cm³/mol. The van der Waals surface area contributed by atoms with Crippen LogP contribution in [0.1, 0.15) is 56.8 Å². The lowest BCUT2D eigenvalue weighted by molar-refractivity contribution is 0.0953. The monoisotopic (exact) mass is 374 g/mol. The fourth-order valence-electron chi connectivity index (χ4n) is 4.25. The lowest BCUT2D eigenvalue weighted by Crippen LogP contribution is -2.20. The first-order chi connectivity index (χ1) is 13.2. The zero-order valence-corrected chi connectivity index (χ0v) is 16.5. The van der Waals surface area contributed by atoms with Crippen molar-refractivity contribution in [2.45, 2.75) is 46.5 Å². The Morgan fingerprint density at radius 1 is 1.07 bits per heavy atom. The maximum absolute atomic E-state index is 12.6. The lowest BCUT2D eigenvalue weighted by atomic mass is 9.90. The number of carbonyl (C=O) groups is 1. The van der Waals surface area contributed by atoms with Crippen LogP contribution in [0.4, 0.5) is 0 Å². The first kappa shape index (κ1) is 19.5. The summed E-state index contributed by atoms with van der Waals surface area (Å²) in [5.74, 6) is 3.37. The van der Waals surface area contributed by atoms with Crippen LogP contribution >= 0.6 is 0 Å². The van der Waals surface area contributed by atoms with Gasteiger partial charge in [0, 0.05) is 11.8 Å². The molecule has 1 N–H and O–H groups in total. The van der Waals surface area contributed by atoms with Crippen LogP contribution in [-0.2, 0) is 0 Å². The van der Waals surface area contributed by atoms with Crippen LogP contribution in [0.25, 0.3) is 0 Å². The minimum absolute atomic E-state index is 0.278. The quantitative estimate of drug-likeness (QED) is 0.523. The SMILES string of the molecule is CCOc1cc(C(=O)NN=CC2CC3CCC2C3)cc(OCC)c1OCC. The molecule has 0 aromatic heterocycles. The highest BCUT2D eigenvalue weighted by molar-refractivity contribution is 5.95. The molecule has 2 saturated carbocycles. The number of carbonyl (C=O) groups excluding carboxylic acids is 1. The van der Waals surface area contributed by atoms with E-state index in [2.05, 4.69) is 10.5 Å². The van der Waals surface area contributed by atoms with E-state index in [1.807, 2.05) is 27.0 Å². The van der Waals surface area contributed by atoms with Gasteiger partial charge >= 0.3 is 0 Å².